The number of carbonyl (C=O) groups excluding carboxylic acids is 2. The highest BCUT2D eigenvalue weighted by atomic mass is 19.2. The number of benzene rings is 2. The molecule has 2 aromatic rings. The van der Waals surface area contributed by atoms with Gasteiger partial charge in [0.1, 0.15) is 6.04 Å². The van der Waals surface area contributed by atoms with Gasteiger partial charge in [-0.2, -0.15) is 0 Å². The largest absolute Gasteiger partial charge is 0.475 e. The smallest absolute Gasteiger partial charge is 0.426 e. The first-order valence-electron chi connectivity index (χ1n) is 10.3. The number of hydrogen-bond donors (Lipinski definition) is 5. The van der Waals surface area contributed by atoms with Crippen molar-refractivity contribution in [1.82, 2.24) is 16.0 Å². The molecular weight excluding hydrogens is 419 g/mol. The molecule has 0 aliphatic carbocycles. The van der Waals surface area contributed by atoms with E-state index in [0.717, 1.165) is 17.7 Å². The molecule has 0 saturated carbocycles. The van der Waals surface area contributed by atoms with Gasteiger partial charge in [0.15, 0.2) is 11.6 Å². The van der Waals surface area contributed by atoms with E-state index in [1.807, 2.05) is 19.9 Å². The van der Waals surface area contributed by atoms with Crippen molar-refractivity contribution in [3.63, 3.8) is 0 Å². The Balaban J connectivity index is 2.07. The van der Waals surface area contributed by atoms with Crippen LogP contribution in [-0.2, 0) is 17.8 Å². The van der Waals surface area contributed by atoms with Crippen LogP contribution in [0.25, 0.3) is 0 Å². The summed E-state index contributed by atoms with van der Waals surface area (Å²) in [5, 5.41) is 26.9. The SMILES string of the molecule is CC(C)C[C@H](NC(=O)[C@H](Cc1ccccc1)NC(=O)NCc1ccc(F)c(F)c1)B(O)O. The van der Waals surface area contributed by atoms with E-state index in [4.69, 9.17) is 0 Å². The zero-order valence-electron chi connectivity index (χ0n) is 18.0. The third-order valence-electron chi connectivity index (χ3n) is 4.75. The topological polar surface area (TPSA) is 111 Å². The molecule has 0 aromatic heterocycles. The Labute approximate surface area is 186 Å². The van der Waals surface area contributed by atoms with Crippen LogP contribution in [0.3, 0.4) is 0 Å². The van der Waals surface area contributed by atoms with Crippen molar-refractivity contribution in [2.45, 2.75) is 45.2 Å². The van der Waals surface area contributed by atoms with Crippen molar-refractivity contribution in [1.29, 1.82) is 0 Å². The number of urea groups is 1. The second-order valence-electron chi connectivity index (χ2n) is 7.98. The quantitative estimate of drug-likeness (QED) is 0.359. The monoisotopic (exact) mass is 447 g/mol. The molecule has 0 heterocycles. The van der Waals surface area contributed by atoms with Gasteiger partial charge in [0.05, 0.1) is 5.94 Å². The van der Waals surface area contributed by atoms with Gasteiger partial charge in [-0.15, -0.1) is 0 Å². The van der Waals surface area contributed by atoms with E-state index >= 15 is 0 Å². The fourth-order valence-corrected chi connectivity index (χ4v) is 3.15. The van der Waals surface area contributed by atoms with E-state index in [9.17, 15) is 28.4 Å². The first-order chi connectivity index (χ1) is 15.2. The molecule has 172 valence electrons. The molecular formula is C22H28BF2N3O4. The van der Waals surface area contributed by atoms with Gasteiger partial charge < -0.3 is 26.0 Å². The molecule has 7 nitrogen and oxygen atoms in total. The number of rotatable bonds is 10. The number of amides is 3. The van der Waals surface area contributed by atoms with Crippen molar-refractivity contribution >= 4 is 19.1 Å². The van der Waals surface area contributed by atoms with Crippen molar-refractivity contribution in [3.8, 4) is 0 Å². The summed E-state index contributed by atoms with van der Waals surface area (Å²) < 4.78 is 26.4. The van der Waals surface area contributed by atoms with Gasteiger partial charge in [0.25, 0.3) is 0 Å². The van der Waals surface area contributed by atoms with Crippen LogP contribution in [0.15, 0.2) is 48.5 Å². The van der Waals surface area contributed by atoms with E-state index in [1.54, 1.807) is 24.3 Å². The van der Waals surface area contributed by atoms with Crippen LogP contribution in [0, 0.1) is 17.6 Å². The van der Waals surface area contributed by atoms with Crippen LogP contribution < -0.4 is 16.0 Å². The summed E-state index contributed by atoms with van der Waals surface area (Å²) in [4.78, 5) is 25.3. The molecule has 0 saturated heterocycles. The van der Waals surface area contributed by atoms with Crippen LogP contribution in [0.5, 0.6) is 0 Å². The van der Waals surface area contributed by atoms with Crippen LogP contribution in [-0.4, -0.2) is 41.1 Å². The van der Waals surface area contributed by atoms with Gasteiger partial charge in [0.2, 0.25) is 5.91 Å². The molecule has 3 amide bonds. The Bertz CT molecular complexity index is 900. The molecule has 10 heteroatoms. The number of carbonyl (C=O) groups is 2. The van der Waals surface area contributed by atoms with Crippen LogP contribution >= 0.6 is 0 Å². The number of nitrogens with one attached hydrogen (secondary N) is 3. The standard InChI is InChI=1S/C22H28BF2N3O4/c1-14(2)10-20(23(31)32)28-21(29)19(12-15-6-4-3-5-7-15)27-22(30)26-13-16-8-9-17(24)18(25)11-16/h3-9,11,14,19-20,31-32H,10,12-13H2,1-2H3,(H,28,29)(H2,26,27,30)/t19-,20-/m0/s1. The highest BCUT2D eigenvalue weighted by Gasteiger charge is 2.30. The lowest BCUT2D eigenvalue weighted by molar-refractivity contribution is -0.123. The van der Waals surface area contributed by atoms with Gasteiger partial charge in [-0.25, -0.2) is 13.6 Å². The average molecular weight is 447 g/mol. The zero-order valence-corrected chi connectivity index (χ0v) is 18.0. The Morgan fingerprint density at radius 3 is 2.25 bits per heavy atom. The van der Waals surface area contributed by atoms with Gasteiger partial charge in [0, 0.05) is 13.0 Å². The molecule has 5 N–H and O–H groups in total. The summed E-state index contributed by atoms with van der Waals surface area (Å²) in [6, 6.07) is 10.6. The second kappa shape index (κ2) is 12.2. The summed E-state index contributed by atoms with van der Waals surface area (Å²) in [7, 11) is -1.75. The molecule has 0 radical (unpaired) electrons. The summed E-state index contributed by atoms with van der Waals surface area (Å²) in [5.41, 5.74) is 1.14. The first kappa shape index (κ1) is 25.3. The third kappa shape index (κ3) is 8.28. The van der Waals surface area contributed by atoms with Crippen molar-refractivity contribution < 1.29 is 28.4 Å². The zero-order chi connectivity index (χ0) is 23.7. The molecule has 32 heavy (non-hydrogen) atoms. The maximum Gasteiger partial charge on any atom is 0.475 e. The fourth-order valence-electron chi connectivity index (χ4n) is 3.15. The van der Waals surface area contributed by atoms with Gasteiger partial charge in [-0.3, -0.25) is 4.79 Å². The normalized spacial score (nSPS) is 12.7. The minimum absolute atomic E-state index is 0.0754. The van der Waals surface area contributed by atoms with Crippen LogP contribution in [0.1, 0.15) is 31.4 Å². The van der Waals surface area contributed by atoms with E-state index in [2.05, 4.69) is 16.0 Å². The van der Waals surface area contributed by atoms with Gasteiger partial charge in [-0.1, -0.05) is 50.2 Å². The number of hydrogen-bond acceptors (Lipinski definition) is 4. The Morgan fingerprint density at radius 1 is 0.969 bits per heavy atom. The van der Waals surface area contributed by atoms with E-state index in [-0.39, 0.29) is 18.9 Å². The van der Waals surface area contributed by atoms with Crippen molar-refractivity contribution in [2.75, 3.05) is 0 Å². The Morgan fingerprint density at radius 2 is 1.66 bits per heavy atom. The predicted octanol–water partition coefficient (Wildman–Crippen LogP) is 1.92. The lowest BCUT2D eigenvalue weighted by atomic mass is 9.75. The summed E-state index contributed by atoms with van der Waals surface area (Å²) in [6.45, 7) is 3.69. The summed E-state index contributed by atoms with van der Waals surface area (Å²) in [5.74, 6) is -3.38. The fraction of sp³-hybridized carbons (Fsp3) is 0.364. The summed E-state index contributed by atoms with van der Waals surface area (Å²) in [6.07, 6.45) is 0.505. The average Bonchev–Trinajstić information content (AvgIpc) is 2.74. The van der Waals surface area contributed by atoms with Crippen LogP contribution in [0.2, 0.25) is 0 Å². The van der Waals surface area contributed by atoms with Gasteiger partial charge in [-0.05, 0) is 35.6 Å². The lowest BCUT2D eigenvalue weighted by Gasteiger charge is -2.24. The van der Waals surface area contributed by atoms with Crippen LogP contribution in [0.4, 0.5) is 13.6 Å². The highest BCUT2D eigenvalue weighted by molar-refractivity contribution is 6.43. The maximum atomic E-state index is 13.3. The molecule has 2 atom stereocenters. The molecule has 0 bridgehead atoms. The minimum Gasteiger partial charge on any atom is -0.426 e. The number of halogens is 2. The first-order valence-corrected chi connectivity index (χ1v) is 10.3. The Kier molecular flexibility index (Phi) is 9.61. The molecule has 0 aliphatic heterocycles. The minimum atomic E-state index is -1.75. The van der Waals surface area contributed by atoms with Crippen molar-refractivity contribution in [3.05, 3.63) is 71.3 Å². The van der Waals surface area contributed by atoms with E-state index in [1.165, 1.54) is 6.07 Å². The Hall–Kier alpha value is -2.98. The lowest BCUT2D eigenvalue weighted by Crippen LogP contribution is -2.56. The molecule has 2 aromatic carbocycles. The molecule has 0 fully saturated rings. The maximum absolute atomic E-state index is 13.3. The third-order valence-corrected chi connectivity index (χ3v) is 4.75. The molecule has 0 spiro atoms. The van der Waals surface area contributed by atoms with E-state index in [0.29, 0.717) is 12.0 Å². The molecule has 0 unspecified atom stereocenters. The van der Waals surface area contributed by atoms with Crippen molar-refractivity contribution in [2.24, 2.45) is 5.92 Å². The predicted molar refractivity (Wildman–Crippen MR) is 117 cm³/mol. The second-order valence-corrected chi connectivity index (χ2v) is 7.98. The molecule has 2 rings (SSSR count). The summed E-state index contributed by atoms with van der Waals surface area (Å²) >= 11 is 0. The van der Waals surface area contributed by atoms with E-state index < -0.39 is 42.7 Å². The van der Waals surface area contributed by atoms with Gasteiger partial charge >= 0.3 is 13.1 Å². The molecule has 0 aliphatic rings. The highest BCUT2D eigenvalue weighted by Crippen LogP contribution is 2.10.